The number of thioether (sulfide) groups is 1. The number of aromatic nitrogens is 3. The Morgan fingerprint density at radius 3 is 3.00 bits per heavy atom. The summed E-state index contributed by atoms with van der Waals surface area (Å²) in [6.07, 6.45) is 9.27. The lowest BCUT2D eigenvalue weighted by molar-refractivity contribution is 0.872. The lowest BCUT2D eigenvalue weighted by atomic mass is 10.3. The van der Waals surface area contributed by atoms with Gasteiger partial charge in [-0.2, -0.15) is 16.9 Å². The Balaban J connectivity index is 1.65. The highest BCUT2D eigenvalue weighted by molar-refractivity contribution is 7.99. The zero-order valence-corrected chi connectivity index (χ0v) is 15.6. The molecule has 1 saturated carbocycles. The third-order valence-electron chi connectivity index (χ3n) is 4.14. The lowest BCUT2D eigenvalue weighted by Crippen LogP contribution is -2.21. The molecule has 0 aromatic carbocycles. The van der Waals surface area contributed by atoms with Gasteiger partial charge in [0, 0.05) is 18.4 Å². The maximum Gasteiger partial charge on any atom is 0.175 e. The van der Waals surface area contributed by atoms with Crippen molar-refractivity contribution in [3.05, 3.63) is 48.2 Å². The molecule has 0 unspecified atom stereocenters. The van der Waals surface area contributed by atoms with E-state index in [1.54, 1.807) is 17.1 Å². The molecule has 0 radical (unpaired) electrons. The normalized spacial score (nSPS) is 13.9. The molecule has 128 valence electrons. The smallest absolute Gasteiger partial charge is 0.175 e. The average Bonchev–Trinajstić information content (AvgIpc) is 3.35. The SMILES string of the molecule is C=C(CCSCC1CC1)N(CC)c1cn(-c2cccnc2)nc1Cl. The number of halogens is 1. The summed E-state index contributed by atoms with van der Waals surface area (Å²) in [5.41, 5.74) is 2.89. The van der Waals surface area contributed by atoms with Crippen LogP contribution < -0.4 is 4.90 Å². The summed E-state index contributed by atoms with van der Waals surface area (Å²) < 4.78 is 1.77. The number of pyridine rings is 1. The van der Waals surface area contributed by atoms with E-state index in [4.69, 9.17) is 11.6 Å². The van der Waals surface area contributed by atoms with Gasteiger partial charge in [0.25, 0.3) is 0 Å². The van der Waals surface area contributed by atoms with Gasteiger partial charge in [-0.1, -0.05) is 18.2 Å². The molecule has 4 nitrogen and oxygen atoms in total. The summed E-state index contributed by atoms with van der Waals surface area (Å²) >= 11 is 8.42. The summed E-state index contributed by atoms with van der Waals surface area (Å²) in [6, 6.07) is 3.85. The molecule has 0 atom stereocenters. The van der Waals surface area contributed by atoms with E-state index < -0.39 is 0 Å². The van der Waals surface area contributed by atoms with E-state index in [9.17, 15) is 0 Å². The molecular formula is C18H23ClN4S. The minimum Gasteiger partial charge on any atom is -0.342 e. The maximum atomic E-state index is 6.38. The molecule has 0 spiro atoms. The van der Waals surface area contributed by atoms with Crippen LogP contribution >= 0.6 is 23.4 Å². The number of anilines is 1. The minimum absolute atomic E-state index is 0.493. The summed E-state index contributed by atoms with van der Waals surface area (Å²) in [6.45, 7) is 7.20. The molecule has 3 rings (SSSR count). The van der Waals surface area contributed by atoms with E-state index >= 15 is 0 Å². The van der Waals surface area contributed by atoms with Crippen molar-refractivity contribution in [3.8, 4) is 5.69 Å². The molecule has 1 aliphatic carbocycles. The highest BCUT2D eigenvalue weighted by Gasteiger charge is 2.21. The van der Waals surface area contributed by atoms with Crippen molar-refractivity contribution >= 4 is 29.1 Å². The molecule has 2 aromatic heterocycles. The van der Waals surface area contributed by atoms with Crippen molar-refractivity contribution in [3.63, 3.8) is 0 Å². The van der Waals surface area contributed by atoms with Crippen LogP contribution in [0, 0.1) is 5.92 Å². The Bertz CT molecular complexity index is 682. The van der Waals surface area contributed by atoms with Gasteiger partial charge in [-0.25, -0.2) is 4.68 Å². The molecule has 0 N–H and O–H groups in total. The predicted molar refractivity (Wildman–Crippen MR) is 103 cm³/mol. The van der Waals surface area contributed by atoms with Gasteiger partial charge >= 0.3 is 0 Å². The van der Waals surface area contributed by atoms with Crippen LogP contribution in [0.5, 0.6) is 0 Å². The Morgan fingerprint density at radius 1 is 1.50 bits per heavy atom. The van der Waals surface area contributed by atoms with E-state index in [0.717, 1.165) is 41.7 Å². The second-order valence-electron chi connectivity index (χ2n) is 6.04. The van der Waals surface area contributed by atoms with Gasteiger partial charge in [0.05, 0.1) is 23.8 Å². The first kappa shape index (κ1) is 17.4. The standard InChI is InChI=1S/C18H23ClN4S/c1-3-22(14(2)8-10-24-13-15-6-7-15)17-12-23(21-18(17)19)16-5-4-9-20-11-16/h4-5,9,11-12,15H,2-3,6-8,10,13H2,1H3. The first-order valence-electron chi connectivity index (χ1n) is 8.37. The van der Waals surface area contributed by atoms with Crippen LogP contribution in [0.15, 0.2) is 43.0 Å². The van der Waals surface area contributed by atoms with Crippen molar-refractivity contribution < 1.29 is 0 Å². The molecule has 1 fully saturated rings. The van der Waals surface area contributed by atoms with Crippen LogP contribution in [0.3, 0.4) is 0 Å². The van der Waals surface area contributed by atoms with Gasteiger partial charge in [0.15, 0.2) is 5.15 Å². The van der Waals surface area contributed by atoms with Crippen molar-refractivity contribution in [2.45, 2.75) is 26.2 Å². The van der Waals surface area contributed by atoms with E-state index in [-0.39, 0.29) is 0 Å². The molecule has 1 aliphatic rings. The highest BCUT2D eigenvalue weighted by Crippen LogP contribution is 2.33. The maximum absolute atomic E-state index is 6.38. The van der Waals surface area contributed by atoms with Crippen LogP contribution in [0.4, 0.5) is 5.69 Å². The average molecular weight is 363 g/mol. The Morgan fingerprint density at radius 2 is 2.33 bits per heavy atom. The predicted octanol–water partition coefficient (Wildman–Crippen LogP) is 4.79. The van der Waals surface area contributed by atoms with Crippen LogP contribution in [-0.4, -0.2) is 32.8 Å². The zero-order chi connectivity index (χ0) is 16.9. The Labute approximate surface area is 152 Å². The second kappa shape index (κ2) is 8.08. The molecule has 2 heterocycles. The number of hydrogen-bond donors (Lipinski definition) is 0. The fraction of sp³-hybridized carbons (Fsp3) is 0.444. The minimum atomic E-state index is 0.493. The third kappa shape index (κ3) is 4.33. The summed E-state index contributed by atoms with van der Waals surface area (Å²) in [5, 5.41) is 4.91. The van der Waals surface area contributed by atoms with Gasteiger partial charge in [0.2, 0.25) is 0 Å². The number of hydrogen-bond acceptors (Lipinski definition) is 4. The Kier molecular flexibility index (Phi) is 5.85. The van der Waals surface area contributed by atoms with Crippen molar-refractivity contribution in [2.24, 2.45) is 5.92 Å². The second-order valence-corrected chi connectivity index (χ2v) is 7.55. The topological polar surface area (TPSA) is 34.0 Å². The fourth-order valence-corrected chi connectivity index (χ4v) is 4.02. The monoisotopic (exact) mass is 362 g/mol. The molecule has 0 saturated heterocycles. The number of rotatable bonds is 9. The van der Waals surface area contributed by atoms with Crippen LogP contribution in [0.1, 0.15) is 26.2 Å². The van der Waals surface area contributed by atoms with Crippen molar-refractivity contribution in [2.75, 3.05) is 23.0 Å². The lowest BCUT2D eigenvalue weighted by Gasteiger charge is -2.24. The van der Waals surface area contributed by atoms with Crippen LogP contribution in [-0.2, 0) is 0 Å². The first-order valence-corrected chi connectivity index (χ1v) is 9.91. The number of allylic oxidation sites excluding steroid dienone is 1. The van der Waals surface area contributed by atoms with Gasteiger partial charge in [-0.05, 0) is 55.7 Å². The third-order valence-corrected chi connectivity index (χ3v) is 5.61. The zero-order valence-electron chi connectivity index (χ0n) is 14.0. The van der Waals surface area contributed by atoms with Crippen molar-refractivity contribution in [1.82, 2.24) is 14.8 Å². The summed E-state index contributed by atoms with van der Waals surface area (Å²) in [4.78, 5) is 6.28. The largest absolute Gasteiger partial charge is 0.342 e. The van der Waals surface area contributed by atoms with Gasteiger partial charge in [0.1, 0.15) is 0 Å². The van der Waals surface area contributed by atoms with E-state index in [1.807, 2.05) is 30.1 Å². The fourth-order valence-electron chi connectivity index (χ4n) is 2.57. The summed E-state index contributed by atoms with van der Waals surface area (Å²) in [7, 11) is 0. The van der Waals surface area contributed by atoms with Gasteiger partial charge < -0.3 is 4.90 Å². The molecular weight excluding hydrogens is 340 g/mol. The molecule has 0 amide bonds. The molecule has 6 heteroatoms. The first-order chi connectivity index (χ1) is 11.7. The van der Waals surface area contributed by atoms with Gasteiger partial charge in [-0.3, -0.25) is 4.98 Å². The molecule has 0 aliphatic heterocycles. The van der Waals surface area contributed by atoms with Crippen LogP contribution in [0.25, 0.3) is 5.69 Å². The summed E-state index contributed by atoms with van der Waals surface area (Å²) in [5.74, 6) is 3.37. The molecule has 0 bridgehead atoms. The highest BCUT2D eigenvalue weighted by atomic mass is 35.5. The van der Waals surface area contributed by atoms with Gasteiger partial charge in [-0.15, -0.1) is 0 Å². The van der Waals surface area contributed by atoms with E-state index in [0.29, 0.717) is 5.15 Å². The van der Waals surface area contributed by atoms with E-state index in [1.165, 1.54) is 18.6 Å². The van der Waals surface area contributed by atoms with Crippen LogP contribution in [0.2, 0.25) is 5.15 Å². The number of nitrogens with zero attached hydrogens (tertiary/aromatic N) is 4. The Hall–Kier alpha value is -1.46. The quantitative estimate of drug-likeness (QED) is 0.600. The van der Waals surface area contributed by atoms with E-state index in [2.05, 4.69) is 28.5 Å². The molecule has 24 heavy (non-hydrogen) atoms. The van der Waals surface area contributed by atoms with Crippen molar-refractivity contribution in [1.29, 1.82) is 0 Å². The molecule has 2 aromatic rings.